The average Bonchev–Trinajstić information content (AvgIpc) is 3.27. The normalized spacial score (nSPS) is 10.7. The first-order valence-electron chi connectivity index (χ1n) is 7.96. The van der Waals surface area contributed by atoms with E-state index >= 15 is 0 Å². The zero-order valence-corrected chi connectivity index (χ0v) is 17.3. The van der Waals surface area contributed by atoms with Gasteiger partial charge in [0.1, 0.15) is 0 Å². The predicted molar refractivity (Wildman–Crippen MR) is 111 cm³/mol. The lowest BCUT2D eigenvalue weighted by Crippen LogP contribution is -2.16. The van der Waals surface area contributed by atoms with Crippen molar-refractivity contribution < 1.29 is 9.59 Å². The lowest BCUT2D eigenvalue weighted by molar-refractivity contribution is -0.118. The molecule has 0 aliphatic rings. The molecule has 0 saturated heterocycles. The van der Waals surface area contributed by atoms with Crippen molar-refractivity contribution in [2.75, 3.05) is 11.1 Å². The Morgan fingerprint density at radius 1 is 1.26 bits per heavy atom. The minimum atomic E-state index is -0.399. The number of nitrogens with one attached hydrogen (secondary N) is 1. The van der Waals surface area contributed by atoms with Gasteiger partial charge in [0.2, 0.25) is 11.8 Å². The topological polar surface area (TPSA) is 103 Å². The van der Waals surface area contributed by atoms with Crippen LogP contribution in [0.5, 0.6) is 0 Å². The van der Waals surface area contributed by atoms with Crippen molar-refractivity contribution in [3.8, 4) is 10.7 Å². The molecular formula is C17H16BrN5O2S2. The van der Waals surface area contributed by atoms with Crippen molar-refractivity contribution in [3.63, 3.8) is 0 Å². The largest absolute Gasteiger partial charge is 0.370 e. The van der Waals surface area contributed by atoms with Crippen molar-refractivity contribution in [2.24, 2.45) is 5.73 Å². The van der Waals surface area contributed by atoms with E-state index < -0.39 is 5.91 Å². The molecule has 3 aromatic rings. The van der Waals surface area contributed by atoms with Crippen molar-refractivity contribution in [1.82, 2.24) is 14.8 Å². The molecule has 0 spiro atoms. The van der Waals surface area contributed by atoms with E-state index in [0.717, 1.165) is 9.35 Å². The van der Waals surface area contributed by atoms with Gasteiger partial charge >= 0.3 is 0 Å². The molecule has 2 aromatic heterocycles. The van der Waals surface area contributed by atoms with Crippen molar-refractivity contribution >= 4 is 56.5 Å². The number of carbonyl (C=O) groups is 2. The van der Waals surface area contributed by atoms with E-state index in [1.54, 1.807) is 0 Å². The number of hydrogen-bond donors (Lipinski definition) is 2. The molecule has 140 valence electrons. The molecule has 3 rings (SSSR count). The van der Waals surface area contributed by atoms with Crippen LogP contribution in [0.2, 0.25) is 0 Å². The highest BCUT2D eigenvalue weighted by Crippen LogP contribution is 2.27. The number of anilines is 1. The van der Waals surface area contributed by atoms with Gasteiger partial charge in [-0.25, -0.2) is 0 Å². The minimum absolute atomic E-state index is 0.153. The molecule has 0 aliphatic carbocycles. The third kappa shape index (κ3) is 5.41. The number of amides is 2. The van der Waals surface area contributed by atoms with Gasteiger partial charge in [0.05, 0.1) is 10.6 Å². The fourth-order valence-electron chi connectivity index (χ4n) is 2.30. The monoisotopic (exact) mass is 465 g/mol. The number of rotatable bonds is 8. The first-order chi connectivity index (χ1) is 13.0. The number of thioether (sulfide) groups is 1. The number of thiophene rings is 1. The summed E-state index contributed by atoms with van der Waals surface area (Å²) in [5.74, 6) is 0.289. The van der Waals surface area contributed by atoms with E-state index in [4.69, 9.17) is 5.73 Å². The number of primary amides is 1. The molecule has 0 unspecified atom stereocenters. The van der Waals surface area contributed by atoms with Gasteiger partial charge in [0.15, 0.2) is 11.0 Å². The fraction of sp³-hybridized carbons (Fsp3) is 0.176. The summed E-state index contributed by atoms with van der Waals surface area (Å²) in [5.41, 5.74) is 6.00. The number of benzene rings is 1. The number of nitrogens with two attached hydrogens (primary N) is 1. The van der Waals surface area contributed by atoms with Gasteiger partial charge < -0.3 is 15.6 Å². The van der Waals surface area contributed by atoms with Gasteiger partial charge in [0, 0.05) is 23.1 Å². The SMILES string of the molecule is NC(=O)CCn1c(SCC(=O)Nc2cccc(Br)c2)nnc1-c1cccs1. The average molecular weight is 466 g/mol. The van der Waals surface area contributed by atoms with E-state index in [9.17, 15) is 9.59 Å². The van der Waals surface area contributed by atoms with Crippen molar-refractivity contribution in [3.05, 3.63) is 46.3 Å². The quantitative estimate of drug-likeness (QED) is 0.496. The van der Waals surface area contributed by atoms with Gasteiger partial charge in [-0.3, -0.25) is 9.59 Å². The van der Waals surface area contributed by atoms with Gasteiger partial charge in [-0.1, -0.05) is 39.8 Å². The maximum Gasteiger partial charge on any atom is 0.234 e. The summed E-state index contributed by atoms with van der Waals surface area (Å²) in [6, 6.07) is 11.2. The Morgan fingerprint density at radius 3 is 2.81 bits per heavy atom. The van der Waals surface area contributed by atoms with Crippen LogP contribution in [0.4, 0.5) is 5.69 Å². The van der Waals surface area contributed by atoms with Crippen LogP contribution in [-0.4, -0.2) is 32.3 Å². The summed E-state index contributed by atoms with van der Waals surface area (Å²) in [6.45, 7) is 0.366. The number of hydrogen-bond acceptors (Lipinski definition) is 6. The lowest BCUT2D eigenvalue weighted by Gasteiger charge is -2.09. The maximum atomic E-state index is 12.2. The fourth-order valence-corrected chi connectivity index (χ4v) is 4.18. The van der Waals surface area contributed by atoms with E-state index in [0.29, 0.717) is 23.2 Å². The Morgan fingerprint density at radius 2 is 2.11 bits per heavy atom. The van der Waals surface area contributed by atoms with Gasteiger partial charge in [-0.15, -0.1) is 21.5 Å². The standard InChI is InChI=1S/C17H16BrN5O2S2/c18-11-3-1-4-12(9-11)20-15(25)10-27-17-22-21-16(13-5-2-8-26-13)23(17)7-6-14(19)24/h1-5,8-9H,6-7,10H2,(H2,19,24)(H,20,25). The number of halogens is 1. The van der Waals surface area contributed by atoms with Crippen LogP contribution in [0.1, 0.15) is 6.42 Å². The highest BCUT2D eigenvalue weighted by molar-refractivity contribution is 9.10. The Hall–Kier alpha value is -2.17. The molecule has 7 nitrogen and oxygen atoms in total. The van der Waals surface area contributed by atoms with E-state index in [2.05, 4.69) is 31.4 Å². The summed E-state index contributed by atoms with van der Waals surface area (Å²) in [6.07, 6.45) is 0.175. The Kier molecular flexibility index (Phi) is 6.64. The molecular weight excluding hydrogens is 450 g/mol. The lowest BCUT2D eigenvalue weighted by atomic mass is 10.3. The first kappa shape index (κ1) is 19.6. The summed E-state index contributed by atoms with van der Waals surface area (Å²) in [5, 5.41) is 13.8. The Bertz CT molecular complexity index is 943. The smallest absolute Gasteiger partial charge is 0.234 e. The summed E-state index contributed by atoms with van der Waals surface area (Å²) in [4.78, 5) is 24.4. The van der Waals surface area contributed by atoms with Crippen LogP contribution in [-0.2, 0) is 16.1 Å². The summed E-state index contributed by atoms with van der Waals surface area (Å²) >= 11 is 6.17. The first-order valence-corrected chi connectivity index (χ1v) is 10.6. The molecule has 0 fully saturated rings. The third-order valence-electron chi connectivity index (χ3n) is 3.48. The van der Waals surface area contributed by atoms with Crippen LogP contribution in [0.3, 0.4) is 0 Å². The molecule has 0 bridgehead atoms. The number of aromatic nitrogens is 3. The molecule has 3 N–H and O–H groups in total. The van der Waals surface area contributed by atoms with Crippen LogP contribution in [0.15, 0.2) is 51.4 Å². The zero-order valence-electron chi connectivity index (χ0n) is 14.1. The molecule has 10 heteroatoms. The van der Waals surface area contributed by atoms with Crippen LogP contribution in [0, 0.1) is 0 Å². The molecule has 0 aliphatic heterocycles. The molecule has 0 atom stereocenters. The number of nitrogens with zero attached hydrogens (tertiary/aromatic N) is 3. The molecule has 0 saturated carbocycles. The predicted octanol–water partition coefficient (Wildman–Crippen LogP) is 3.38. The second-order valence-corrected chi connectivity index (χ2v) is 8.30. The highest BCUT2D eigenvalue weighted by Gasteiger charge is 2.17. The number of carbonyl (C=O) groups excluding carboxylic acids is 2. The summed E-state index contributed by atoms with van der Waals surface area (Å²) < 4.78 is 2.72. The minimum Gasteiger partial charge on any atom is -0.370 e. The van der Waals surface area contributed by atoms with Crippen molar-refractivity contribution in [1.29, 1.82) is 0 Å². The molecule has 1 aromatic carbocycles. The van der Waals surface area contributed by atoms with Gasteiger partial charge in [0.25, 0.3) is 0 Å². The van der Waals surface area contributed by atoms with Crippen LogP contribution in [0.25, 0.3) is 10.7 Å². The highest BCUT2D eigenvalue weighted by atomic mass is 79.9. The Labute approximate surface area is 172 Å². The van der Waals surface area contributed by atoms with Gasteiger partial charge in [-0.05, 0) is 29.6 Å². The van der Waals surface area contributed by atoms with E-state index in [-0.39, 0.29) is 18.1 Å². The van der Waals surface area contributed by atoms with Crippen LogP contribution < -0.4 is 11.1 Å². The second kappa shape index (κ2) is 9.16. The molecule has 2 amide bonds. The second-order valence-electron chi connectivity index (χ2n) is 5.50. The van der Waals surface area contributed by atoms with E-state index in [1.807, 2.05) is 46.3 Å². The third-order valence-corrected chi connectivity index (χ3v) is 5.81. The molecule has 0 radical (unpaired) electrons. The van der Waals surface area contributed by atoms with E-state index in [1.165, 1.54) is 23.1 Å². The molecule has 2 heterocycles. The summed E-state index contributed by atoms with van der Waals surface area (Å²) in [7, 11) is 0. The maximum absolute atomic E-state index is 12.2. The van der Waals surface area contributed by atoms with Gasteiger partial charge in [-0.2, -0.15) is 0 Å². The van der Waals surface area contributed by atoms with Crippen molar-refractivity contribution in [2.45, 2.75) is 18.1 Å². The molecule has 27 heavy (non-hydrogen) atoms. The zero-order chi connectivity index (χ0) is 19.2. The Balaban J connectivity index is 1.70. The van der Waals surface area contributed by atoms with Crippen LogP contribution >= 0.6 is 39.0 Å².